The fourth-order valence-corrected chi connectivity index (χ4v) is 3.46. The molecule has 0 saturated heterocycles. The van der Waals surface area contributed by atoms with E-state index in [2.05, 4.69) is 5.32 Å². The highest BCUT2D eigenvalue weighted by atomic mass is 35.5. The van der Waals surface area contributed by atoms with Crippen molar-refractivity contribution >= 4 is 28.3 Å². The van der Waals surface area contributed by atoms with Crippen molar-refractivity contribution in [1.82, 2.24) is 5.32 Å². The summed E-state index contributed by atoms with van der Waals surface area (Å²) in [6.45, 7) is -0.151. The second-order valence-corrected chi connectivity index (χ2v) is 6.36. The van der Waals surface area contributed by atoms with Crippen molar-refractivity contribution in [3.63, 3.8) is 0 Å². The molecular weight excluding hydrogens is 354 g/mol. The van der Waals surface area contributed by atoms with Gasteiger partial charge in [0.25, 0.3) is 5.91 Å². The molecule has 0 radical (unpaired) electrons. The van der Waals surface area contributed by atoms with Crippen molar-refractivity contribution in [3.05, 3.63) is 58.6 Å². The van der Waals surface area contributed by atoms with Crippen LogP contribution in [-0.2, 0) is 6.61 Å². The zero-order valence-electron chi connectivity index (χ0n) is 14.0. The van der Waals surface area contributed by atoms with Gasteiger partial charge in [-0.1, -0.05) is 29.8 Å². The summed E-state index contributed by atoms with van der Waals surface area (Å²) in [6.07, 6.45) is 0. The molecule has 6 heteroatoms. The van der Waals surface area contributed by atoms with Crippen molar-refractivity contribution < 1.29 is 19.4 Å². The molecule has 1 aliphatic heterocycles. The lowest BCUT2D eigenvalue weighted by Gasteiger charge is -2.17. The number of halogens is 1. The molecule has 0 unspecified atom stereocenters. The maximum atomic E-state index is 12.4. The largest absolute Gasteiger partial charge is 0.454 e. The average molecular weight is 370 g/mol. The number of fused-ring (bicyclic) bond motifs is 3. The minimum atomic E-state index is -0.290. The van der Waals surface area contributed by atoms with Gasteiger partial charge in [-0.25, -0.2) is 0 Å². The van der Waals surface area contributed by atoms with Crippen LogP contribution in [0.1, 0.15) is 15.9 Å². The summed E-state index contributed by atoms with van der Waals surface area (Å²) in [5.74, 6) is 0.999. The van der Waals surface area contributed by atoms with Crippen LogP contribution in [0.3, 0.4) is 0 Å². The number of hydrogen-bond donors (Lipinski definition) is 2. The van der Waals surface area contributed by atoms with Crippen LogP contribution in [-0.4, -0.2) is 24.9 Å². The van der Waals surface area contributed by atoms with Gasteiger partial charge in [-0.15, -0.1) is 0 Å². The van der Waals surface area contributed by atoms with E-state index in [1.807, 2.05) is 24.3 Å². The molecule has 0 atom stereocenters. The van der Waals surface area contributed by atoms with Gasteiger partial charge in [0.1, 0.15) is 0 Å². The third-order valence-corrected chi connectivity index (χ3v) is 4.76. The Labute approximate surface area is 155 Å². The highest BCUT2D eigenvalue weighted by molar-refractivity contribution is 6.30. The summed E-state index contributed by atoms with van der Waals surface area (Å²) in [7, 11) is 1.56. The average Bonchev–Trinajstić information content (AvgIpc) is 3.15. The molecule has 1 aliphatic rings. The smallest absolute Gasteiger partial charge is 0.251 e. The van der Waals surface area contributed by atoms with Crippen LogP contribution in [0.2, 0.25) is 5.02 Å². The number of ether oxygens (including phenoxy) is 2. The second kappa shape index (κ2) is 6.52. The van der Waals surface area contributed by atoms with Gasteiger partial charge in [-0.05, 0) is 46.3 Å². The van der Waals surface area contributed by atoms with Gasteiger partial charge in [0.15, 0.2) is 11.5 Å². The number of benzene rings is 3. The first kappa shape index (κ1) is 16.7. The molecule has 5 nitrogen and oxygen atoms in total. The molecule has 0 fully saturated rings. The van der Waals surface area contributed by atoms with E-state index in [9.17, 15) is 9.90 Å². The van der Waals surface area contributed by atoms with Crippen molar-refractivity contribution in [2.45, 2.75) is 6.61 Å². The molecule has 26 heavy (non-hydrogen) atoms. The molecule has 0 aromatic heterocycles. The van der Waals surface area contributed by atoms with Crippen molar-refractivity contribution in [1.29, 1.82) is 0 Å². The molecule has 0 spiro atoms. The van der Waals surface area contributed by atoms with Gasteiger partial charge >= 0.3 is 0 Å². The number of aliphatic hydroxyl groups excluding tert-OH is 1. The van der Waals surface area contributed by atoms with Crippen LogP contribution in [0.15, 0.2) is 42.5 Å². The van der Waals surface area contributed by atoms with Crippen LogP contribution in [0.4, 0.5) is 0 Å². The number of amides is 1. The van der Waals surface area contributed by atoms with Gasteiger partial charge in [-0.2, -0.15) is 0 Å². The molecule has 4 rings (SSSR count). The minimum Gasteiger partial charge on any atom is -0.454 e. The fourth-order valence-electron chi connectivity index (χ4n) is 3.33. The topological polar surface area (TPSA) is 67.8 Å². The fraction of sp³-hybridized carbons (Fsp3) is 0.150. The Morgan fingerprint density at radius 2 is 1.96 bits per heavy atom. The highest BCUT2D eigenvalue weighted by Gasteiger charge is 2.25. The van der Waals surface area contributed by atoms with E-state index in [0.29, 0.717) is 27.6 Å². The number of hydrogen-bond acceptors (Lipinski definition) is 4. The Kier molecular flexibility index (Phi) is 4.18. The Hall–Kier alpha value is -2.76. The number of rotatable bonds is 3. The predicted molar refractivity (Wildman–Crippen MR) is 99.8 cm³/mol. The Morgan fingerprint density at radius 1 is 1.19 bits per heavy atom. The number of carbonyl (C=O) groups is 1. The van der Waals surface area contributed by atoms with Crippen molar-refractivity contribution in [2.75, 3.05) is 13.8 Å². The summed E-state index contributed by atoms with van der Waals surface area (Å²) >= 11 is 6.03. The summed E-state index contributed by atoms with van der Waals surface area (Å²) in [4.78, 5) is 12.4. The Balaban J connectivity index is 2.15. The van der Waals surface area contributed by atoms with E-state index in [1.54, 1.807) is 25.2 Å². The molecule has 0 aliphatic carbocycles. The molecule has 0 saturated carbocycles. The number of nitrogens with one attached hydrogen (secondary N) is 1. The number of aliphatic hydroxyl groups is 1. The van der Waals surface area contributed by atoms with Crippen LogP contribution in [0, 0.1) is 0 Å². The Bertz CT molecular complexity index is 1010. The first-order valence-corrected chi connectivity index (χ1v) is 8.49. The molecule has 3 aromatic carbocycles. The zero-order chi connectivity index (χ0) is 18.3. The summed E-state index contributed by atoms with van der Waals surface area (Å²) in [6, 6.07) is 12.7. The first-order chi connectivity index (χ1) is 12.6. The van der Waals surface area contributed by atoms with E-state index in [1.165, 1.54) is 0 Å². The van der Waals surface area contributed by atoms with Gasteiger partial charge in [0.05, 0.1) is 6.61 Å². The third kappa shape index (κ3) is 2.57. The van der Waals surface area contributed by atoms with Crippen LogP contribution in [0.5, 0.6) is 11.5 Å². The molecule has 1 heterocycles. The molecular formula is C20H16ClNO4. The quantitative estimate of drug-likeness (QED) is 0.738. The maximum absolute atomic E-state index is 12.4. The van der Waals surface area contributed by atoms with E-state index in [4.69, 9.17) is 21.1 Å². The van der Waals surface area contributed by atoms with Gasteiger partial charge in [0, 0.05) is 23.0 Å². The number of carbonyl (C=O) groups excluding carboxylic acids is 1. The lowest BCUT2D eigenvalue weighted by molar-refractivity contribution is 0.0960. The Morgan fingerprint density at radius 3 is 2.65 bits per heavy atom. The van der Waals surface area contributed by atoms with Crippen LogP contribution in [0.25, 0.3) is 21.9 Å². The molecule has 1 amide bonds. The minimum absolute atomic E-state index is 0.139. The van der Waals surface area contributed by atoms with E-state index in [-0.39, 0.29) is 19.3 Å². The normalized spacial score (nSPS) is 12.4. The second-order valence-electron chi connectivity index (χ2n) is 5.92. The highest BCUT2D eigenvalue weighted by Crippen LogP contribution is 2.46. The SMILES string of the molecule is CNC(=O)c1cc2ccc3c(c2c(-c2ccc(Cl)cc2)c1CO)OCO3. The van der Waals surface area contributed by atoms with Crippen LogP contribution < -0.4 is 14.8 Å². The third-order valence-electron chi connectivity index (χ3n) is 4.51. The molecule has 2 N–H and O–H groups in total. The summed E-state index contributed by atoms with van der Waals surface area (Å²) in [5.41, 5.74) is 2.52. The lowest BCUT2D eigenvalue weighted by atomic mass is 9.89. The van der Waals surface area contributed by atoms with E-state index in [0.717, 1.165) is 21.9 Å². The van der Waals surface area contributed by atoms with Gasteiger partial charge in [0.2, 0.25) is 6.79 Å². The molecule has 3 aromatic rings. The molecule has 0 bridgehead atoms. The van der Waals surface area contributed by atoms with Gasteiger partial charge in [-0.3, -0.25) is 4.79 Å². The standard InChI is InChI=1S/C20H16ClNO4/c1-22-20(24)14-8-12-4-7-16-19(26-10-25-16)18(12)17(15(14)9-23)11-2-5-13(21)6-3-11/h2-8,23H,9-10H2,1H3,(H,22,24). The first-order valence-electron chi connectivity index (χ1n) is 8.11. The van der Waals surface area contributed by atoms with E-state index >= 15 is 0 Å². The molecule has 132 valence electrons. The predicted octanol–water partition coefficient (Wildman–Crippen LogP) is 3.74. The van der Waals surface area contributed by atoms with E-state index < -0.39 is 0 Å². The van der Waals surface area contributed by atoms with Crippen LogP contribution >= 0.6 is 11.6 Å². The summed E-state index contributed by atoms with van der Waals surface area (Å²) < 4.78 is 11.2. The maximum Gasteiger partial charge on any atom is 0.251 e. The van der Waals surface area contributed by atoms with Crippen molar-refractivity contribution in [3.8, 4) is 22.6 Å². The monoisotopic (exact) mass is 369 g/mol. The van der Waals surface area contributed by atoms with Crippen molar-refractivity contribution in [2.24, 2.45) is 0 Å². The lowest BCUT2D eigenvalue weighted by Crippen LogP contribution is -2.20. The summed E-state index contributed by atoms with van der Waals surface area (Å²) in [5, 5.41) is 15.0. The van der Waals surface area contributed by atoms with Gasteiger partial charge < -0.3 is 19.9 Å². The zero-order valence-corrected chi connectivity index (χ0v) is 14.8.